The van der Waals surface area contributed by atoms with Gasteiger partial charge in [0, 0.05) is 6.54 Å². The average Bonchev–Trinajstić information content (AvgIpc) is 2.36. The molecule has 1 unspecified atom stereocenters. The zero-order valence-electron chi connectivity index (χ0n) is 10.6. The zero-order chi connectivity index (χ0) is 12.5. The monoisotopic (exact) mass is 238 g/mol. The van der Waals surface area contributed by atoms with Gasteiger partial charge in [-0.05, 0) is 38.8 Å². The predicted octanol–water partition coefficient (Wildman–Crippen LogP) is 0.409. The van der Waals surface area contributed by atoms with Crippen LogP contribution in [0.4, 0.5) is 0 Å². The number of hydrogen-bond donors (Lipinski definition) is 1. The van der Waals surface area contributed by atoms with Gasteiger partial charge in [0.1, 0.15) is 0 Å². The van der Waals surface area contributed by atoms with Gasteiger partial charge in [0.25, 0.3) is 0 Å². The number of carbonyl (C=O) groups excluding carboxylic acids is 1. The molecule has 0 saturated carbocycles. The Morgan fingerprint density at radius 2 is 2.12 bits per heavy atom. The van der Waals surface area contributed by atoms with E-state index in [4.69, 9.17) is 10.5 Å². The fourth-order valence-electron chi connectivity index (χ4n) is 1.88. The van der Waals surface area contributed by atoms with Crippen LogP contribution in [0.15, 0.2) is 0 Å². The summed E-state index contributed by atoms with van der Waals surface area (Å²) in [6.45, 7) is 5.79. The Morgan fingerprint density at radius 1 is 1.41 bits per heavy atom. The van der Waals surface area contributed by atoms with Crippen LogP contribution in [0.25, 0.3) is 0 Å². The van der Waals surface area contributed by atoms with Crippen molar-refractivity contribution in [3.63, 3.8) is 0 Å². The quantitative estimate of drug-likeness (QED) is 0.414. The second-order valence-corrected chi connectivity index (χ2v) is 4.32. The van der Waals surface area contributed by atoms with Crippen LogP contribution < -0.4 is 5.73 Å². The first kappa shape index (κ1) is 14.2. The second-order valence-electron chi connectivity index (χ2n) is 4.32. The van der Waals surface area contributed by atoms with E-state index in [-0.39, 0.29) is 12.4 Å². The van der Waals surface area contributed by atoms with Gasteiger partial charge in [0.05, 0.1) is 19.3 Å². The fourth-order valence-corrected chi connectivity index (χ4v) is 1.88. The van der Waals surface area contributed by atoms with Crippen molar-refractivity contribution < 1.29 is 9.53 Å². The first-order chi connectivity index (χ1) is 8.24. The second kappa shape index (κ2) is 8.24. The van der Waals surface area contributed by atoms with Crippen LogP contribution in [0, 0.1) is 11.8 Å². The van der Waals surface area contributed by atoms with Crippen LogP contribution in [0.2, 0.25) is 0 Å². The zero-order valence-corrected chi connectivity index (χ0v) is 10.6. The van der Waals surface area contributed by atoms with Gasteiger partial charge in [0.2, 0.25) is 5.78 Å². The molecule has 1 saturated heterocycles. The Bertz CT molecular complexity index is 288. The van der Waals surface area contributed by atoms with E-state index in [1.165, 1.54) is 19.3 Å². The third-order valence-corrected chi connectivity index (χ3v) is 2.88. The van der Waals surface area contributed by atoms with Crippen molar-refractivity contribution in [2.45, 2.75) is 32.2 Å². The molecule has 0 aromatic heterocycles. The van der Waals surface area contributed by atoms with Gasteiger partial charge in [-0.25, -0.2) is 0 Å². The highest BCUT2D eigenvalue weighted by Crippen LogP contribution is 2.07. The molecule has 0 amide bonds. The van der Waals surface area contributed by atoms with Crippen molar-refractivity contribution in [2.24, 2.45) is 5.73 Å². The highest BCUT2D eigenvalue weighted by molar-refractivity contribution is 5.99. The minimum atomic E-state index is -0.608. The molecule has 1 aliphatic rings. The van der Waals surface area contributed by atoms with Crippen LogP contribution in [0.3, 0.4) is 0 Å². The van der Waals surface area contributed by atoms with E-state index in [1.807, 2.05) is 0 Å². The molecule has 0 aliphatic carbocycles. The van der Waals surface area contributed by atoms with E-state index in [9.17, 15) is 4.79 Å². The van der Waals surface area contributed by atoms with Crippen molar-refractivity contribution >= 4 is 5.78 Å². The number of hydrogen-bond acceptors (Lipinski definition) is 4. The summed E-state index contributed by atoms with van der Waals surface area (Å²) in [5.74, 6) is 4.73. The summed E-state index contributed by atoms with van der Waals surface area (Å²) in [6, 6.07) is -0.608. The number of ketones is 1. The molecular weight excluding hydrogens is 216 g/mol. The molecule has 1 fully saturated rings. The highest BCUT2D eigenvalue weighted by Gasteiger charge is 2.12. The number of rotatable bonds is 6. The summed E-state index contributed by atoms with van der Waals surface area (Å²) in [4.78, 5) is 13.6. The van der Waals surface area contributed by atoms with Crippen molar-refractivity contribution in [1.82, 2.24) is 4.90 Å². The van der Waals surface area contributed by atoms with Crippen LogP contribution >= 0.6 is 0 Å². The van der Waals surface area contributed by atoms with E-state index in [0.717, 1.165) is 19.6 Å². The summed E-state index contributed by atoms with van der Waals surface area (Å²) in [7, 11) is 0. The number of nitrogens with zero attached hydrogens (tertiary/aromatic N) is 1. The van der Waals surface area contributed by atoms with E-state index >= 15 is 0 Å². The third-order valence-electron chi connectivity index (χ3n) is 2.88. The Morgan fingerprint density at radius 3 is 2.76 bits per heavy atom. The van der Waals surface area contributed by atoms with E-state index in [1.54, 1.807) is 6.92 Å². The van der Waals surface area contributed by atoms with E-state index in [0.29, 0.717) is 6.61 Å². The number of piperidine rings is 1. The van der Waals surface area contributed by atoms with Crippen molar-refractivity contribution in [3.05, 3.63) is 0 Å². The molecule has 1 rings (SSSR count). The molecule has 1 aliphatic heterocycles. The molecule has 4 heteroatoms. The lowest BCUT2D eigenvalue weighted by molar-refractivity contribution is -0.116. The maximum atomic E-state index is 11.2. The molecule has 0 aromatic carbocycles. The maximum Gasteiger partial charge on any atom is 0.224 e. The minimum Gasteiger partial charge on any atom is -0.378 e. The average molecular weight is 238 g/mol. The molecule has 17 heavy (non-hydrogen) atoms. The number of carbonyl (C=O) groups is 1. The summed E-state index contributed by atoms with van der Waals surface area (Å²) in [5, 5.41) is 0. The SMILES string of the molecule is CC#CC(=O)C(N)COCCN1CCCCC1. The standard InChI is InChI=1S/C13H22N2O2/c1-2-6-13(16)12(14)11-17-10-9-15-7-4-3-5-8-15/h12H,3-5,7-11,14H2,1H3. The highest BCUT2D eigenvalue weighted by atomic mass is 16.5. The Labute approximate surface area is 103 Å². The molecule has 2 N–H and O–H groups in total. The first-order valence-corrected chi connectivity index (χ1v) is 6.26. The topological polar surface area (TPSA) is 55.6 Å². The third kappa shape index (κ3) is 5.83. The number of ether oxygens (including phenoxy) is 1. The lowest BCUT2D eigenvalue weighted by Crippen LogP contribution is -2.37. The Kier molecular flexibility index (Phi) is 6.87. The van der Waals surface area contributed by atoms with Crippen LogP contribution in [0.1, 0.15) is 26.2 Å². The Balaban J connectivity index is 2.06. The fraction of sp³-hybridized carbons (Fsp3) is 0.769. The molecule has 4 nitrogen and oxygen atoms in total. The van der Waals surface area contributed by atoms with Gasteiger partial charge in [0.15, 0.2) is 0 Å². The number of nitrogens with two attached hydrogens (primary N) is 1. The van der Waals surface area contributed by atoms with Gasteiger partial charge < -0.3 is 15.4 Å². The van der Waals surface area contributed by atoms with Crippen molar-refractivity contribution in [3.8, 4) is 11.8 Å². The smallest absolute Gasteiger partial charge is 0.224 e. The van der Waals surface area contributed by atoms with Gasteiger partial charge in [-0.2, -0.15) is 0 Å². The number of likely N-dealkylation sites (tertiary alicyclic amines) is 1. The molecule has 1 heterocycles. The minimum absolute atomic E-state index is 0.245. The van der Waals surface area contributed by atoms with Crippen molar-refractivity contribution in [1.29, 1.82) is 0 Å². The molecule has 0 spiro atoms. The van der Waals surface area contributed by atoms with Crippen molar-refractivity contribution in [2.75, 3.05) is 32.8 Å². The van der Waals surface area contributed by atoms with Crippen LogP contribution in [-0.2, 0) is 9.53 Å². The normalized spacial score (nSPS) is 18.2. The Hall–Kier alpha value is -0.890. The molecule has 96 valence electrons. The van der Waals surface area contributed by atoms with Crippen LogP contribution in [-0.4, -0.2) is 49.6 Å². The molecule has 0 bridgehead atoms. The molecule has 1 atom stereocenters. The van der Waals surface area contributed by atoms with Gasteiger partial charge in [-0.3, -0.25) is 4.79 Å². The lowest BCUT2D eigenvalue weighted by Gasteiger charge is -2.26. The largest absolute Gasteiger partial charge is 0.378 e. The number of Topliss-reactive ketones (excluding diaryl/α,β-unsaturated/α-hetero) is 1. The summed E-state index contributed by atoms with van der Waals surface area (Å²) in [6.07, 6.45) is 3.90. The summed E-state index contributed by atoms with van der Waals surface area (Å²) < 4.78 is 5.41. The molecule has 0 radical (unpaired) electrons. The first-order valence-electron chi connectivity index (χ1n) is 6.26. The lowest BCUT2D eigenvalue weighted by atomic mass is 10.1. The van der Waals surface area contributed by atoms with Gasteiger partial charge in [-0.15, -0.1) is 0 Å². The summed E-state index contributed by atoms with van der Waals surface area (Å²) >= 11 is 0. The maximum absolute atomic E-state index is 11.2. The summed E-state index contributed by atoms with van der Waals surface area (Å²) in [5.41, 5.74) is 5.63. The molecule has 0 aromatic rings. The van der Waals surface area contributed by atoms with Gasteiger partial charge >= 0.3 is 0 Å². The van der Waals surface area contributed by atoms with E-state index in [2.05, 4.69) is 16.7 Å². The van der Waals surface area contributed by atoms with Crippen LogP contribution in [0.5, 0.6) is 0 Å². The predicted molar refractivity (Wildman–Crippen MR) is 67.5 cm³/mol. The van der Waals surface area contributed by atoms with Gasteiger partial charge in [-0.1, -0.05) is 12.3 Å². The van der Waals surface area contributed by atoms with E-state index < -0.39 is 6.04 Å². The molecular formula is C13H22N2O2.